The Morgan fingerprint density at radius 1 is 0.933 bits per heavy atom. The molecule has 30 heavy (non-hydrogen) atoms. The minimum Gasteiger partial charge on any atom is -0.484 e. The number of ether oxygens (including phenoxy) is 2. The van der Waals surface area contributed by atoms with Crippen molar-refractivity contribution in [1.29, 1.82) is 0 Å². The fourth-order valence-electron chi connectivity index (χ4n) is 2.71. The smallest absolute Gasteiger partial charge is 0.258 e. The van der Waals surface area contributed by atoms with Crippen molar-refractivity contribution >= 4 is 5.91 Å². The topological polar surface area (TPSA) is 78.3 Å². The van der Waals surface area contributed by atoms with Gasteiger partial charge >= 0.3 is 0 Å². The van der Waals surface area contributed by atoms with Gasteiger partial charge in [0, 0.05) is 30.6 Å². The number of para-hydroxylation sites is 1. The molecule has 150 valence electrons. The lowest BCUT2D eigenvalue weighted by Crippen LogP contribution is -2.28. The van der Waals surface area contributed by atoms with Gasteiger partial charge in [0.05, 0.1) is 11.9 Å². The third-order valence-electron chi connectivity index (χ3n) is 4.20. The first-order valence-electron chi connectivity index (χ1n) is 9.44. The van der Waals surface area contributed by atoms with E-state index in [4.69, 9.17) is 9.47 Å². The van der Waals surface area contributed by atoms with E-state index in [-0.39, 0.29) is 12.5 Å². The van der Waals surface area contributed by atoms with Crippen molar-refractivity contribution in [2.75, 3.05) is 6.61 Å². The molecule has 7 heteroatoms. The molecule has 1 N–H and O–H groups in total. The van der Waals surface area contributed by atoms with Crippen LogP contribution >= 0.6 is 0 Å². The number of nitrogens with one attached hydrogen (secondary N) is 1. The van der Waals surface area contributed by atoms with E-state index in [9.17, 15) is 4.79 Å². The van der Waals surface area contributed by atoms with Crippen molar-refractivity contribution in [2.24, 2.45) is 0 Å². The van der Waals surface area contributed by atoms with Crippen molar-refractivity contribution in [3.8, 4) is 23.1 Å². The Hall–Kier alpha value is -4.13. The molecule has 0 spiro atoms. The number of benzene rings is 2. The molecule has 0 radical (unpaired) electrons. The first kappa shape index (κ1) is 19.2. The lowest BCUT2D eigenvalue weighted by Gasteiger charge is -2.08. The molecule has 0 fully saturated rings. The number of nitrogens with zero attached hydrogens (tertiary/aromatic N) is 3. The van der Waals surface area contributed by atoms with Crippen molar-refractivity contribution in [3.63, 3.8) is 0 Å². The van der Waals surface area contributed by atoms with E-state index in [1.54, 1.807) is 47.4 Å². The maximum Gasteiger partial charge on any atom is 0.258 e. The summed E-state index contributed by atoms with van der Waals surface area (Å²) in [4.78, 5) is 16.2. The number of carbonyl (C=O) groups is 1. The molecule has 0 saturated heterocycles. The van der Waals surface area contributed by atoms with Gasteiger partial charge in [-0.1, -0.05) is 24.3 Å². The molecule has 7 nitrogen and oxygen atoms in total. The van der Waals surface area contributed by atoms with E-state index in [0.29, 0.717) is 23.9 Å². The van der Waals surface area contributed by atoms with Crippen LogP contribution in [0.15, 0.2) is 91.4 Å². The minimum atomic E-state index is -0.212. The molecule has 0 aliphatic heterocycles. The molecule has 0 bridgehead atoms. The Balaban J connectivity index is 1.23. The first-order valence-corrected chi connectivity index (χ1v) is 9.44. The van der Waals surface area contributed by atoms with Crippen molar-refractivity contribution < 1.29 is 14.3 Å². The van der Waals surface area contributed by atoms with Gasteiger partial charge in [-0.3, -0.25) is 4.79 Å². The van der Waals surface area contributed by atoms with Crippen LogP contribution < -0.4 is 14.8 Å². The Bertz CT molecular complexity index is 1080. The molecule has 2 heterocycles. The summed E-state index contributed by atoms with van der Waals surface area (Å²) in [5, 5.41) is 7.14. The van der Waals surface area contributed by atoms with E-state index >= 15 is 0 Å². The summed E-state index contributed by atoms with van der Waals surface area (Å²) >= 11 is 0. The number of amides is 1. The second-order valence-corrected chi connectivity index (χ2v) is 6.44. The summed E-state index contributed by atoms with van der Waals surface area (Å²) in [7, 11) is 0. The van der Waals surface area contributed by atoms with E-state index < -0.39 is 0 Å². The quantitative estimate of drug-likeness (QED) is 0.487. The average Bonchev–Trinajstić information content (AvgIpc) is 3.28. The predicted octanol–water partition coefficient (Wildman–Crippen LogP) is 3.75. The molecule has 4 rings (SSSR count). The van der Waals surface area contributed by atoms with Crippen LogP contribution in [0.1, 0.15) is 5.56 Å². The lowest BCUT2D eigenvalue weighted by molar-refractivity contribution is -0.123. The van der Waals surface area contributed by atoms with Crippen molar-refractivity contribution in [1.82, 2.24) is 20.1 Å². The molecule has 0 aliphatic carbocycles. The number of carbonyl (C=O) groups excluding carboxylic acids is 1. The molecule has 4 aromatic rings. The third-order valence-corrected chi connectivity index (χ3v) is 4.20. The predicted molar refractivity (Wildman–Crippen MR) is 112 cm³/mol. The van der Waals surface area contributed by atoms with E-state index in [1.165, 1.54) is 0 Å². The van der Waals surface area contributed by atoms with Crippen LogP contribution in [0.5, 0.6) is 17.4 Å². The first-order chi connectivity index (χ1) is 14.8. The SMILES string of the molecule is O=C(COc1ccc(Oc2ccccn2)cc1)NCc1cnn(-c2ccccc2)c1. The van der Waals surface area contributed by atoms with Gasteiger partial charge in [-0.25, -0.2) is 9.67 Å². The van der Waals surface area contributed by atoms with Crippen LogP contribution in [0.4, 0.5) is 0 Å². The van der Waals surface area contributed by atoms with E-state index in [2.05, 4.69) is 15.4 Å². The molecule has 2 aromatic carbocycles. The Morgan fingerprint density at radius 3 is 2.47 bits per heavy atom. The Morgan fingerprint density at radius 2 is 1.70 bits per heavy atom. The van der Waals surface area contributed by atoms with Gasteiger partial charge in [0.1, 0.15) is 11.5 Å². The van der Waals surface area contributed by atoms with Crippen LogP contribution in [0, 0.1) is 0 Å². The number of pyridine rings is 1. The zero-order valence-corrected chi connectivity index (χ0v) is 16.1. The zero-order valence-electron chi connectivity index (χ0n) is 16.1. The second kappa shape index (κ2) is 9.38. The van der Waals surface area contributed by atoms with Crippen LogP contribution in [-0.4, -0.2) is 27.3 Å². The van der Waals surface area contributed by atoms with Gasteiger partial charge in [0.15, 0.2) is 6.61 Å². The molecule has 0 aliphatic rings. The number of rotatable bonds is 8. The highest BCUT2D eigenvalue weighted by molar-refractivity contribution is 5.77. The summed E-state index contributed by atoms with van der Waals surface area (Å²) in [6, 6.07) is 22.3. The summed E-state index contributed by atoms with van der Waals surface area (Å²) in [6.07, 6.45) is 5.28. The van der Waals surface area contributed by atoms with Crippen molar-refractivity contribution in [3.05, 3.63) is 97.0 Å². The Kier molecular flexibility index (Phi) is 6.00. The molecule has 0 saturated carbocycles. The maximum atomic E-state index is 12.1. The van der Waals surface area contributed by atoms with E-state index in [0.717, 1.165) is 11.3 Å². The van der Waals surface area contributed by atoms with Crippen LogP contribution in [-0.2, 0) is 11.3 Å². The third kappa shape index (κ3) is 5.23. The maximum absolute atomic E-state index is 12.1. The summed E-state index contributed by atoms with van der Waals surface area (Å²) in [5.41, 5.74) is 1.87. The van der Waals surface area contributed by atoms with Crippen molar-refractivity contribution in [2.45, 2.75) is 6.54 Å². The molecular weight excluding hydrogens is 380 g/mol. The average molecular weight is 400 g/mol. The van der Waals surface area contributed by atoms with Gasteiger partial charge in [0.25, 0.3) is 5.91 Å². The molecule has 0 unspecified atom stereocenters. The zero-order chi connectivity index (χ0) is 20.6. The van der Waals surface area contributed by atoms with Crippen LogP contribution in [0.25, 0.3) is 5.69 Å². The minimum absolute atomic E-state index is 0.0761. The highest BCUT2D eigenvalue weighted by Crippen LogP contribution is 2.22. The van der Waals surface area contributed by atoms with Crippen LogP contribution in [0.3, 0.4) is 0 Å². The fourth-order valence-corrected chi connectivity index (χ4v) is 2.71. The van der Waals surface area contributed by atoms with Gasteiger partial charge in [0.2, 0.25) is 5.88 Å². The number of hydrogen-bond donors (Lipinski definition) is 1. The summed E-state index contributed by atoms with van der Waals surface area (Å²) < 4.78 is 12.9. The highest BCUT2D eigenvalue weighted by atomic mass is 16.5. The Labute approximate surface area is 173 Å². The monoisotopic (exact) mass is 400 g/mol. The normalized spacial score (nSPS) is 10.4. The standard InChI is InChI=1S/C23H20N4O3/c28-22(25-14-18-15-26-27(16-18)19-6-2-1-3-7-19)17-29-20-9-11-21(12-10-20)30-23-8-4-5-13-24-23/h1-13,15-16H,14,17H2,(H,25,28). The molecule has 2 aromatic heterocycles. The van der Waals surface area contributed by atoms with E-state index in [1.807, 2.05) is 48.7 Å². The highest BCUT2D eigenvalue weighted by Gasteiger charge is 2.06. The van der Waals surface area contributed by atoms with Gasteiger partial charge in [-0.15, -0.1) is 0 Å². The largest absolute Gasteiger partial charge is 0.484 e. The van der Waals surface area contributed by atoms with Crippen LogP contribution in [0.2, 0.25) is 0 Å². The summed E-state index contributed by atoms with van der Waals surface area (Å²) in [6.45, 7) is 0.305. The number of aromatic nitrogens is 3. The van der Waals surface area contributed by atoms with Gasteiger partial charge in [-0.05, 0) is 42.5 Å². The second-order valence-electron chi connectivity index (χ2n) is 6.44. The molecule has 1 amide bonds. The van der Waals surface area contributed by atoms with Gasteiger partial charge < -0.3 is 14.8 Å². The fraction of sp³-hybridized carbons (Fsp3) is 0.0870. The number of hydrogen-bond acceptors (Lipinski definition) is 5. The lowest BCUT2D eigenvalue weighted by atomic mass is 10.3. The summed E-state index contributed by atoms with van der Waals surface area (Å²) in [5.74, 6) is 1.52. The molecule has 0 atom stereocenters. The van der Waals surface area contributed by atoms with Gasteiger partial charge in [-0.2, -0.15) is 5.10 Å². The molecular formula is C23H20N4O3.